The number of piperazine rings is 1. The molecule has 2 fully saturated rings. The molecule has 33 heavy (non-hydrogen) atoms. The largest absolute Gasteiger partial charge is 0.366 e. The highest BCUT2D eigenvalue weighted by molar-refractivity contribution is 5.92. The normalized spacial score (nSPS) is 19.3. The monoisotopic (exact) mass is 452 g/mol. The zero-order valence-electron chi connectivity index (χ0n) is 18.6. The smallest absolute Gasteiger partial charge is 0.263 e. The first-order chi connectivity index (χ1) is 15.9. The zero-order chi connectivity index (χ0) is 23.1. The van der Waals surface area contributed by atoms with Gasteiger partial charge in [-0.25, -0.2) is 8.78 Å². The number of anilines is 2. The van der Waals surface area contributed by atoms with E-state index in [2.05, 4.69) is 31.5 Å². The van der Waals surface area contributed by atoms with Crippen LogP contribution in [-0.2, 0) is 4.79 Å². The van der Waals surface area contributed by atoms with Crippen molar-refractivity contribution in [1.82, 2.24) is 20.1 Å². The minimum absolute atomic E-state index is 0.00510. The van der Waals surface area contributed by atoms with Gasteiger partial charge in [0, 0.05) is 43.0 Å². The molecule has 7 nitrogen and oxygen atoms in total. The lowest BCUT2D eigenvalue weighted by Gasteiger charge is -2.38. The number of benzene rings is 1. The van der Waals surface area contributed by atoms with Crippen molar-refractivity contribution in [3.8, 4) is 0 Å². The Hall–Kier alpha value is -3.36. The molecule has 0 unspecified atom stereocenters. The van der Waals surface area contributed by atoms with Crippen LogP contribution in [0.2, 0.25) is 0 Å². The Bertz CT molecular complexity index is 1200. The number of rotatable bonds is 5. The molecule has 0 saturated carbocycles. The maximum absolute atomic E-state index is 13.1. The van der Waals surface area contributed by atoms with Crippen molar-refractivity contribution >= 4 is 28.3 Å². The molecule has 1 aromatic carbocycles. The molecule has 0 radical (unpaired) electrons. The zero-order valence-corrected chi connectivity index (χ0v) is 18.6. The number of pyridine rings is 1. The standard InChI is InChI=1S/C24H26F2N6O/c1-14(16-4-3-5-17(10-16)23(25)26)28-24-20-11-19(12-27-22(20)15(2)29-30-24)31-8-9-32-18(13-31)6-7-21(32)33/h3-5,10-12,14,18,23H,6-9,13H2,1-2H3,(H,28,30)/t14-,18-/m1/s1. The van der Waals surface area contributed by atoms with Gasteiger partial charge in [0.25, 0.3) is 6.43 Å². The molecule has 4 heterocycles. The lowest BCUT2D eigenvalue weighted by Crippen LogP contribution is -2.51. The van der Waals surface area contributed by atoms with Gasteiger partial charge in [0.2, 0.25) is 5.91 Å². The van der Waals surface area contributed by atoms with Crippen molar-refractivity contribution in [3.63, 3.8) is 0 Å². The van der Waals surface area contributed by atoms with Gasteiger partial charge in [0.05, 0.1) is 29.1 Å². The van der Waals surface area contributed by atoms with Crippen LogP contribution in [0.4, 0.5) is 20.3 Å². The number of carbonyl (C=O) groups excluding carboxylic acids is 1. The van der Waals surface area contributed by atoms with E-state index in [4.69, 9.17) is 0 Å². The number of hydrogen-bond acceptors (Lipinski definition) is 6. The third-order valence-corrected chi connectivity index (χ3v) is 6.65. The molecule has 172 valence electrons. The Balaban J connectivity index is 1.44. The number of fused-ring (bicyclic) bond motifs is 2. The van der Waals surface area contributed by atoms with E-state index in [1.54, 1.807) is 6.07 Å². The average Bonchev–Trinajstić information content (AvgIpc) is 3.20. The van der Waals surface area contributed by atoms with Crippen molar-refractivity contribution in [3.05, 3.63) is 53.3 Å². The summed E-state index contributed by atoms with van der Waals surface area (Å²) in [6.45, 7) is 6.04. The fraction of sp³-hybridized carbons (Fsp3) is 0.417. The molecular weight excluding hydrogens is 426 g/mol. The maximum Gasteiger partial charge on any atom is 0.263 e. The predicted octanol–water partition coefficient (Wildman–Crippen LogP) is 4.25. The van der Waals surface area contributed by atoms with Crippen LogP contribution in [-0.4, -0.2) is 51.7 Å². The van der Waals surface area contributed by atoms with Crippen molar-refractivity contribution < 1.29 is 13.6 Å². The molecule has 2 aliphatic rings. The molecule has 0 spiro atoms. The molecular formula is C24H26F2N6O. The quantitative estimate of drug-likeness (QED) is 0.624. The van der Waals surface area contributed by atoms with E-state index in [1.807, 2.05) is 31.0 Å². The van der Waals surface area contributed by atoms with E-state index in [9.17, 15) is 13.6 Å². The molecule has 2 aromatic heterocycles. The first-order valence-electron chi connectivity index (χ1n) is 11.2. The number of aryl methyl sites for hydroxylation is 1. The molecule has 1 amide bonds. The van der Waals surface area contributed by atoms with Crippen LogP contribution >= 0.6 is 0 Å². The first-order valence-corrected chi connectivity index (χ1v) is 11.2. The van der Waals surface area contributed by atoms with Gasteiger partial charge in [-0.05, 0) is 38.0 Å². The van der Waals surface area contributed by atoms with E-state index in [0.717, 1.165) is 53.9 Å². The third-order valence-electron chi connectivity index (χ3n) is 6.65. The summed E-state index contributed by atoms with van der Waals surface area (Å²) in [6.07, 6.45) is 0.854. The summed E-state index contributed by atoms with van der Waals surface area (Å²) in [6, 6.07) is 8.45. The summed E-state index contributed by atoms with van der Waals surface area (Å²) in [5.41, 5.74) is 3.19. The van der Waals surface area contributed by atoms with Crippen LogP contribution in [0.1, 0.15) is 49.1 Å². The van der Waals surface area contributed by atoms with E-state index < -0.39 is 6.43 Å². The molecule has 0 bridgehead atoms. The highest BCUT2D eigenvalue weighted by atomic mass is 19.3. The Morgan fingerprint density at radius 1 is 1.15 bits per heavy atom. The van der Waals surface area contributed by atoms with Crippen LogP contribution in [0.5, 0.6) is 0 Å². The van der Waals surface area contributed by atoms with Crippen molar-refractivity contribution in [1.29, 1.82) is 0 Å². The number of alkyl halides is 2. The van der Waals surface area contributed by atoms with Crippen LogP contribution in [0, 0.1) is 6.92 Å². The highest BCUT2D eigenvalue weighted by Gasteiger charge is 2.35. The molecule has 1 N–H and O–H groups in total. The SMILES string of the molecule is Cc1nnc(N[C@H](C)c2cccc(C(F)F)c2)c2cc(N3CCN4C(=O)CC[C@@H]4C3)cnc12. The number of amides is 1. The van der Waals surface area contributed by atoms with Crippen LogP contribution in [0.3, 0.4) is 0 Å². The summed E-state index contributed by atoms with van der Waals surface area (Å²) in [5, 5.41) is 12.8. The number of hydrogen-bond donors (Lipinski definition) is 1. The van der Waals surface area contributed by atoms with E-state index in [1.165, 1.54) is 12.1 Å². The summed E-state index contributed by atoms with van der Waals surface area (Å²) >= 11 is 0. The molecule has 9 heteroatoms. The van der Waals surface area contributed by atoms with Gasteiger partial charge in [-0.15, -0.1) is 5.10 Å². The second-order valence-electron chi connectivity index (χ2n) is 8.79. The Morgan fingerprint density at radius 2 is 1.97 bits per heavy atom. The summed E-state index contributed by atoms with van der Waals surface area (Å²) < 4.78 is 26.3. The average molecular weight is 453 g/mol. The van der Waals surface area contributed by atoms with Gasteiger partial charge < -0.3 is 15.1 Å². The first kappa shape index (κ1) is 21.5. The number of nitrogens with zero attached hydrogens (tertiary/aromatic N) is 5. The van der Waals surface area contributed by atoms with Crippen molar-refractivity contribution in [2.75, 3.05) is 29.9 Å². The van der Waals surface area contributed by atoms with Crippen LogP contribution < -0.4 is 10.2 Å². The predicted molar refractivity (Wildman–Crippen MR) is 122 cm³/mol. The highest BCUT2D eigenvalue weighted by Crippen LogP contribution is 2.31. The molecule has 0 aliphatic carbocycles. The second-order valence-corrected chi connectivity index (χ2v) is 8.79. The lowest BCUT2D eigenvalue weighted by atomic mass is 10.0. The maximum atomic E-state index is 13.1. The number of halogens is 2. The van der Waals surface area contributed by atoms with Gasteiger partial charge in [-0.2, -0.15) is 5.10 Å². The van der Waals surface area contributed by atoms with Crippen molar-refractivity contribution in [2.24, 2.45) is 0 Å². The molecule has 3 aromatic rings. The van der Waals surface area contributed by atoms with E-state index in [0.29, 0.717) is 12.2 Å². The van der Waals surface area contributed by atoms with Gasteiger partial charge in [0.1, 0.15) is 0 Å². The molecule has 5 rings (SSSR count). The van der Waals surface area contributed by atoms with E-state index >= 15 is 0 Å². The lowest BCUT2D eigenvalue weighted by molar-refractivity contribution is -0.129. The number of aromatic nitrogens is 3. The Morgan fingerprint density at radius 3 is 2.79 bits per heavy atom. The second kappa shape index (κ2) is 8.53. The van der Waals surface area contributed by atoms with Gasteiger partial charge in [-0.3, -0.25) is 9.78 Å². The molecule has 2 aliphatic heterocycles. The molecule has 2 saturated heterocycles. The Labute approximate surface area is 190 Å². The third kappa shape index (κ3) is 4.07. The van der Waals surface area contributed by atoms with E-state index in [-0.39, 0.29) is 23.6 Å². The minimum atomic E-state index is -2.51. The number of carbonyl (C=O) groups is 1. The minimum Gasteiger partial charge on any atom is -0.366 e. The van der Waals surface area contributed by atoms with Gasteiger partial charge >= 0.3 is 0 Å². The Kier molecular flexibility index (Phi) is 5.55. The fourth-order valence-corrected chi connectivity index (χ4v) is 4.78. The van der Waals surface area contributed by atoms with Gasteiger partial charge in [0.15, 0.2) is 5.82 Å². The summed E-state index contributed by atoms with van der Waals surface area (Å²) in [4.78, 5) is 20.9. The van der Waals surface area contributed by atoms with Crippen LogP contribution in [0.15, 0.2) is 36.5 Å². The molecule has 2 atom stereocenters. The fourth-order valence-electron chi connectivity index (χ4n) is 4.78. The van der Waals surface area contributed by atoms with Gasteiger partial charge in [-0.1, -0.05) is 18.2 Å². The topological polar surface area (TPSA) is 74.2 Å². The summed E-state index contributed by atoms with van der Waals surface area (Å²) in [7, 11) is 0. The van der Waals surface area contributed by atoms with Crippen molar-refractivity contribution in [2.45, 2.75) is 45.2 Å². The summed E-state index contributed by atoms with van der Waals surface area (Å²) in [5.74, 6) is 0.813. The van der Waals surface area contributed by atoms with Crippen LogP contribution in [0.25, 0.3) is 10.9 Å². The number of nitrogens with one attached hydrogen (secondary N) is 1.